The second-order valence-electron chi connectivity index (χ2n) is 2.69. The molecular weight excluding hydrogens is 136 g/mol. The average molecular weight is 155 g/mol. The standard InChI is InChI=1S/C10H19O/c1-3-4-5-6-7-8-9-10-11-2/h8-9H,2-7,10H2,1H3/b9-8+. The van der Waals surface area contributed by atoms with E-state index >= 15 is 0 Å². The molecule has 0 aromatic heterocycles. The van der Waals surface area contributed by atoms with E-state index in [0.717, 1.165) is 0 Å². The van der Waals surface area contributed by atoms with Gasteiger partial charge in [0.25, 0.3) is 0 Å². The Labute approximate surface area is 70.4 Å². The quantitative estimate of drug-likeness (QED) is 0.405. The van der Waals surface area contributed by atoms with Crippen LogP contribution in [0.4, 0.5) is 0 Å². The number of rotatable bonds is 7. The Kier molecular flexibility index (Phi) is 9.44. The molecule has 1 radical (unpaired) electrons. The van der Waals surface area contributed by atoms with Crippen LogP contribution in [0, 0.1) is 7.11 Å². The minimum atomic E-state index is 0.647. The van der Waals surface area contributed by atoms with E-state index in [4.69, 9.17) is 0 Å². The highest BCUT2D eigenvalue weighted by Gasteiger charge is 1.83. The molecule has 0 aliphatic rings. The summed E-state index contributed by atoms with van der Waals surface area (Å²) in [4.78, 5) is 0. The Balaban J connectivity index is 2.89. The van der Waals surface area contributed by atoms with Crippen LogP contribution in [0.25, 0.3) is 0 Å². The number of hydrogen-bond donors (Lipinski definition) is 0. The van der Waals surface area contributed by atoms with Crippen LogP contribution in [0.3, 0.4) is 0 Å². The summed E-state index contributed by atoms with van der Waals surface area (Å²) in [7, 11) is 3.28. The zero-order valence-electron chi connectivity index (χ0n) is 7.51. The van der Waals surface area contributed by atoms with Gasteiger partial charge in [-0.1, -0.05) is 38.3 Å². The van der Waals surface area contributed by atoms with Crippen molar-refractivity contribution in [2.45, 2.75) is 39.0 Å². The van der Waals surface area contributed by atoms with Gasteiger partial charge in [-0.2, -0.15) is 0 Å². The monoisotopic (exact) mass is 155 g/mol. The van der Waals surface area contributed by atoms with Crippen molar-refractivity contribution in [2.24, 2.45) is 0 Å². The van der Waals surface area contributed by atoms with Crippen LogP contribution >= 0.6 is 0 Å². The molecule has 0 aromatic carbocycles. The number of hydrogen-bond acceptors (Lipinski definition) is 1. The van der Waals surface area contributed by atoms with Crippen LogP contribution in [0.5, 0.6) is 0 Å². The van der Waals surface area contributed by atoms with E-state index in [9.17, 15) is 0 Å². The second-order valence-corrected chi connectivity index (χ2v) is 2.69. The van der Waals surface area contributed by atoms with E-state index in [1.54, 1.807) is 0 Å². The topological polar surface area (TPSA) is 9.23 Å². The molecule has 65 valence electrons. The first-order valence-electron chi connectivity index (χ1n) is 4.43. The number of allylic oxidation sites excluding steroid dienone is 1. The van der Waals surface area contributed by atoms with Crippen LogP contribution in [0.1, 0.15) is 39.0 Å². The summed E-state index contributed by atoms with van der Waals surface area (Å²) in [5.41, 5.74) is 0. The third-order valence-corrected chi connectivity index (χ3v) is 1.61. The van der Waals surface area contributed by atoms with Gasteiger partial charge in [0, 0.05) is 0 Å². The maximum absolute atomic E-state index is 4.63. The summed E-state index contributed by atoms with van der Waals surface area (Å²) in [6.07, 6.45) is 10.7. The van der Waals surface area contributed by atoms with E-state index in [2.05, 4.69) is 24.8 Å². The van der Waals surface area contributed by atoms with Crippen molar-refractivity contribution in [3.63, 3.8) is 0 Å². The molecule has 0 saturated heterocycles. The van der Waals surface area contributed by atoms with E-state index in [1.165, 1.54) is 32.1 Å². The highest BCUT2D eigenvalue weighted by Crippen LogP contribution is 2.02. The Morgan fingerprint density at radius 1 is 1.18 bits per heavy atom. The first kappa shape index (κ1) is 10.7. The molecule has 0 aliphatic carbocycles. The minimum Gasteiger partial charge on any atom is -0.375 e. The first-order valence-corrected chi connectivity index (χ1v) is 4.43. The molecule has 1 heteroatoms. The Hall–Kier alpha value is -0.300. The molecule has 0 bridgehead atoms. The lowest BCUT2D eigenvalue weighted by Gasteiger charge is -1.93. The Morgan fingerprint density at radius 2 is 2.00 bits per heavy atom. The molecular formula is C10H19O. The third-order valence-electron chi connectivity index (χ3n) is 1.61. The normalized spacial score (nSPS) is 11.1. The predicted molar refractivity (Wildman–Crippen MR) is 49.2 cm³/mol. The van der Waals surface area contributed by atoms with Gasteiger partial charge >= 0.3 is 0 Å². The van der Waals surface area contributed by atoms with E-state index < -0.39 is 0 Å². The van der Waals surface area contributed by atoms with Gasteiger partial charge in [0.15, 0.2) is 0 Å². The van der Waals surface area contributed by atoms with Crippen LogP contribution in [-0.4, -0.2) is 6.61 Å². The molecule has 11 heavy (non-hydrogen) atoms. The molecule has 0 atom stereocenters. The van der Waals surface area contributed by atoms with Gasteiger partial charge in [-0.15, -0.1) is 0 Å². The van der Waals surface area contributed by atoms with Crippen molar-refractivity contribution in [3.05, 3.63) is 19.3 Å². The summed E-state index contributed by atoms with van der Waals surface area (Å²) in [6.45, 7) is 2.88. The lowest BCUT2D eigenvalue weighted by atomic mass is 10.1. The fraction of sp³-hybridized carbons (Fsp3) is 0.700. The molecule has 0 fully saturated rings. The van der Waals surface area contributed by atoms with Crippen LogP contribution in [-0.2, 0) is 4.74 Å². The van der Waals surface area contributed by atoms with Crippen molar-refractivity contribution < 1.29 is 4.74 Å². The third kappa shape index (κ3) is 9.70. The van der Waals surface area contributed by atoms with Gasteiger partial charge in [0.05, 0.1) is 13.7 Å². The smallest absolute Gasteiger partial charge is 0.0704 e. The Morgan fingerprint density at radius 3 is 2.64 bits per heavy atom. The summed E-state index contributed by atoms with van der Waals surface area (Å²) < 4.78 is 4.63. The van der Waals surface area contributed by atoms with Gasteiger partial charge in [0.2, 0.25) is 0 Å². The summed E-state index contributed by atoms with van der Waals surface area (Å²) in [6, 6.07) is 0. The van der Waals surface area contributed by atoms with E-state index in [0.29, 0.717) is 6.61 Å². The largest absolute Gasteiger partial charge is 0.375 e. The van der Waals surface area contributed by atoms with E-state index in [1.807, 2.05) is 6.08 Å². The molecule has 0 spiro atoms. The highest BCUT2D eigenvalue weighted by molar-refractivity contribution is 4.80. The summed E-state index contributed by atoms with van der Waals surface area (Å²) in [5.74, 6) is 0. The maximum atomic E-state index is 4.63. The molecule has 0 N–H and O–H groups in total. The maximum Gasteiger partial charge on any atom is 0.0704 e. The molecule has 0 rings (SSSR count). The fourth-order valence-electron chi connectivity index (χ4n) is 0.943. The molecule has 0 heterocycles. The minimum absolute atomic E-state index is 0.647. The van der Waals surface area contributed by atoms with Gasteiger partial charge in [0.1, 0.15) is 0 Å². The summed E-state index contributed by atoms with van der Waals surface area (Å²) >= 11 is 0. The van der Waals surface area contributed by atoms with Crippen LogP contribution in [0.15, 0.2) is 12.2 Å². The van der Waals surface area contributed by atoms with Gasteiger partial charge in [-0.3, -0.25) is 0 Å². The number of unbranched alkanes of at least 4 members (excludes halogenated alkanes) is 4. The van der Waals surface area contributed by atoms with Crippen molar-refractivity contribution in [1.82, 2.24) is 0 Å². The molecule has 0 saturated carbocycles. The Bertz CT molecular complexity index is 86.9. The van der Waals surface area contributed by atoms with Crippen LogP contribution in [0.2, 0.25) is 0 Å². The van der Waals surface area contributed by atoms with Gasteiger partial charge in [-0.05, 0) is 12.8 Å². The van der Waals surface area contributed by atoms with Crippen molar-refractivity contribution in [2.75, 3.05) is 6.61 Å². The predicted octanol–water partition coefficient (Wildman–Crippen LogP) is 3.32. The van der Waals surface area contributed by atoms with Crippen molar-refractivity contribution in [3.8, 4) is 0 Å². The summed E-state index contributed by atoms with van der Waals surface area (Å²) in [5, 5.41) is 0. The van der Waals surface area contributed by atoms with Gasteiger partial charge < -0.3 is 4.74 Å². The zero-order chi connectivity index (χ0) is 8.36. The molecule has 0 aromatic rings. The zero-order valence-corrected chi connectivity index (χ0v) is 7.51. The van der Waals surface area contributed by atoms with Crippen molar-refractivity contribution in [1.29, 1.82) is 0 Å². The lowest BCUT2D eigenvalue weighted by Crippen LogP contribution is -1.78. The lowest BCUT2D eigenvalue weighted by molar-refractivity contribution is 0.281. The number of ether oxygens (including phenoxy) is 1. The molecule has 0 amide bonds. The molecule has 0 unspecified atom stereocenters. The van der Waals surface area contributed by atoms with Gasteiger partial charge in [-0.25, -0.2) is 0 Å². The SMILES string of the molecule is [CH2]OC/C=C/CCCCCC. The highest BCUT2D eigenvalue weighted by atomic mass is 16.5. The van der Waals surface area contributed by atoms with E-state index in [-0.39, 0.29) is 0 Å². The van der Waals surface area contributed by atoms with Crippen molar-refractivity contribution >= 4 is 0 Å². The molecule has 1 nitrogen and oxygen atoms in total. The molecule has 0 aliphatic heterocycles. The average Bonchev–Trinajstić information content (AvgIpc) is 2.03. The fourth-order valence-corrected chi connectivity index (χ4v) is 0.943. The first-order chi connectivity index (χ1) is 5.41. The van der Waals surface area contributed by atoms with Crippen LogP contribution < -0.4 is 0 Å². The second kappa shape index (κ2) is 9.70.